The molecule has 0 amide bonds. The maximum Gasteiger partial charge on any atom is 0.317 e. The highest BCUT2D eigenvalue weighted by molar-refractivity contribution is 6.02. The molecule has 4 atom stereocenters. The number of phenolic OH excluding ortho intramolecular Hbond substituents is 1. The number of carbonyl (C=O) groups excluding carboxylic acids is 3. The number of carbonyl (C=O) groups is 3. The van der Waals surface area contributed by atoms with Crippen LogP contribution in [0.4, 0.5) is 0 Å². The average molecular weight is 451 g/mol. The molecule has 0 aromatic heterocycles. The third kappa shape index (κ3) is 5.79. The van der Waals surface area contributed by atoms with Crippen LogP contribution < -0.4 is 4.74 Å². The highest BCUT2D eigenvalue weighted by atomic mass is 16.5. The maximum absolute atomic E-state index is 13.1. The van der Waals surface area contributed by atoms with Crippen LogP contribution >= 0.6 is 0 Å². The SMILES string of the molecule is COc1cc([C@H]2[C@@H](C(=O)OCC(C)C)C(=O)C[C@](C)(O)[C@H]2C(=O)OCC(C)C)ccc1O. The predicted octanol–water partition coefficient (Wildman–Crippen LogP) is 2.84. The number of methoxy groups -OCH3 is 1. The lowest BCUT2D eigenvalue weighted by atomic mass is 9.61. The lowest BCUT2D eigenvalue weighted by Crippen LogP contribution is -2.55. The molecule has 8 nitrogen and oxygen atoms in total. The molecule has 1 aliphatic rings. The van der Waals surface area contributed by atoms with Gasteiger partial charge in [-0.3, -0.25) is 14.4 Å². The summed E-state index contributed by atoms with van der Waals surface area (Å²) in [5, 5.41) is 21.1. The molecule has 8 heteroatoms. The van der Waals surface area contributed by atoms with Gasteiger partial charge in [0.05, 0.1) is 31.8 Å². The van der Waals surface area contributed by atoms with E-state index in [-0.39, 0.29) is 43.0 Å². The predicted molar refractivity (Wildman–Crippen MR) is 116 cm³/mol. The summed E-state index contributed by atoms with van der Waals surface area (Å²) in [5.74, 6) is -5.44. The summed E-state index contributed by atoms with van der Waals surface area (Å²) >= 11 is 0. The van der Waals surface area contributed by atoms with E-state index < -0.39 is 41.1 Å². The fourth-order valence-electron chi connectivity index (χ4n) is 3.99. The molecule has 1 fully saturated rings. The molecule has 0 heterocycles. The Kier molecular flexibility index (Phi) is 8.29. The summed E-state index contributed by atoms with van der Waals surface area (Å²) in [6.45, 7) is 9.14. The molecule has 1 aliphatic carbocycles. The molecule has 0 aliphatic heterocycles. The maximum atomic E-state index is 13.1. The smallest absolute Gasteiger partial charge is 0.317 e. The zero-order chi connectivity index (χ0) is 24.2. The van der Waals surface area contributed by atoms with Gasteiger partial charge in [0.1, 0.15) is 5.92 Å². The Balaban J connectivity index is 2.59. The molecule has 32 heavy (non-hydrogen) atoms. The number of hydrogen-bond donors (Lipinski definition) is 2. The first-order chi connectivity index (χ1) is 14.9. The molecule has 1 aromatic carbocycles. The number of aromatic hydroxyl groups is 1. The van der Waals surface area contributed by atoms with Crippen molar-refractivity contribution in [1.29, 1.82) is 0 Å². The van der Waals surface area contributed by atoms with E-state index in [4.69, 9.17) is 14.2 Å². The topological polar surface area (TPSA) is 119 Å². The zero-order valence-electron chi connectivity index (χ0n) is 19.6. The van der Waals surface area contributed by atoms with Crippen molar-refractivity contribution in [1.82, 2.24) is 0 Å². The number of benzene rings is 1. The van der Waals surface area contributed by atoms with Crippen molar-refractivity contribution in [3.8, 4) is 11.5 Å². The quantitative estimate of drug-likeness (QED) is 0.458. The normalized spacial score (nSPS) is 25.7. The van der Waals surface area contributed by atoms with Gasteiger partial charge in [-0.1, -0.05) is 33.8 Å². The van der Waals surface area contributed by atoms with Gasteiger partial charge in [-0.15, -0.1) is 0 Å². The molecule has 0 radical (unpaired) electrons. The molecule has 0 saturated heterocycles. The van der Waals surface area contributed by atoms with E-state index in [2.05, 4.69) is 0 Å². The standard InChI is InChI=1S/C24H34O8/c1-13(2)11-31-22(27)20-17(26)10-24(5,29)21(23(28)32-12-14(3)4)19(20)15-7-8-16(25)18(9-15)30-6/h7-9,13-14,19-21,25,29H,10-12H2,1-6H3/t19-,20-,21+,24-/m0/s1. The van der Waals surface area contributed by atoms with Crippen LogP contribution in [-0.2, 0) is 23.9 Å². The van der Waals surface area contributed by atoms with Crippen LogP contribution in [0.15, 0.2) is 18.2 Å². The second-order valence-electron chi connectivity index (χ2n) is 9.46. The van der Waals surface area contributed by atoms with Gasteiger partial charge in [-0.05, 0) is 36.5 Å². The van der Waals surface area contributed by atoms with E-state index in [1.807, 2.05) is 27.7 Å². The Bertz CT molecular complexity index is 842. The first-order valence-electron chi connectivity index (χ1n) is 10.8. The van der Waals surface area contributed by atoms with E-state index in [0.717, 1.165) is 0 Å². The molecule has 2 rings (SSSR count). The zero-order valence-corrected chi connectivity index (χ0v) is 19.6. The van der Waals surface area contributed by atoms with Crippen LogP contribution in [0.25, 0.3) is 0 Å². The number of hydrogen-bond acceptors (Lipinski definition) is 8. The monoisotopic (exact) mass is 450 g/mol. The number of esters is 2. The van der Waals surface area contributed by atoms with E-state index in [9.17, 15) is 24.6 Å². The molecule has 1 aromatic rings. The van der Waals surface area contributed by atoms with Crippen LogP contribution in [0.3, 0.4) is 0 Å². The number of rotatable bonds is 8. The number of aliphatic hydroxyl groups is 1. The Morgan fingerprint density at radius 1 is 1.09 bits per heavy atom. The fraction of sp³-hybridized carbons (Fsp3) is 0.625. The van der Waals surface area contributed by atoms with E-state index in [1.165, 1.54) is 32.2 Å². The number of phenols is 1. The molecule has 0 bridgehead atoms. The van der Waals surface area contributed by atoms with Crippen molar-refractivity contribution < 1.29 is 38.8 Å². The number of ketones is 1. The summed E-state index contributed by atoms with van der Waals surface area (Å²) in [5.41, 5.74) is -1.36. The highest BCUT2D eigenvalue weighted by Crippen LogP contribution is 2.48. The lowest BCUT2D eigenvalue weighted by Gasteiger charge is -2.43. The second-order valence-corrected chi connectivity index (χ2v) is 9.46. The third-order valence-corrected chi connectivity index (χ3v) is 5.48. The Labute approximate surface area is 188 Å². The van der Waals surface area contributed by atoms with Crippen LogP contribution in [-0.4, -0.2) is 53.9 Å². The lowest BCUT2D eigenvalue weighted by molar-refractivity contribution is -0.173. The fourth-order valence-corrected chi connectivity index (χ4v) is 3.99. The average Bonchev–Trinajstić information content (AvgIpc) is 2.69. The molecule has 178 valence electrons. The molecule has 1 saturated carbocycles. The third-order valence-electron chi connectivity index (χ3n) is 5.48. The summed E-state index contributed by atoms with van der Waals surface area (Å²) in [6, 6.07) is 4.32. The molecule has 2 N–H and O–H groups in total. The van der Waals surface area contributed by atoms with Crippen LogP contribution in [0, 0.1) is 23.7 Å². The van der Waals surface area contributed by atoms with Gasteiger partial charge in [-0.25, -0.2) is 0 Å². The van der Waals surface area contributed by atoms with Crippen LogP contribution in [0.2, 0.25) is 0 Å². The van der Waals surface area contributed by atoms with Crippen molar-refractivity contribution in [2.24, 2.45) is 23.7 Å². The summed E-state index contributed by atoms with van der Waals surface area (Å²) in [4.78, 5) is 39.2. The minimum absolute atomic E-state index is 0.0553. The summed E-state index contributed by atoms with van der Waals surface area (Å²) in [6.07, 6.45) is -0.387. The van der Waals surface area contributed by atoms with E-state index >= 15 is 0 Å². The Morgan fingerprint density at radius 3 is 2.19 bits per heavy atom. The largest absolute Gasteiger partial charge is 0.504 e. The van der Waals surface area contributed by atoms with Gasteiger partial charge in [0.25, 0.3) is 0 Å². The molecule has 0 unspecified atom stereocenters. The van der Waals surface area contributed by atoms with Crippen LogP contribution in [0.5, 0.6) is 11.5 Å². The first kappa shape index (κ1) is 25.6. The number of ether oxygens (including phenoxy) is 3. The molecular formula is C24H34O8. The van der Waals surface area contributed by atoms with E-state index in [0.29, 0.717) is 5.56 Å². The Morgan fingerprint density at radius 2 is 1.66 bits per heavy atom. The van der Waals surface area contributed by atoms with Crippen LogP contribution in [0.1, 0.15) is 52.5 Å². The molecular weight excluding hydrogens is 416 g/mol. The van der Waals surface area contributed by atoms with Gasteiger partial charge in [0.15, 0.2) is 17.3 Å². The first-order valence-corrected chi connectivity index (χ1v) is 10.8. The van der Waals surface area contributed by atoms with Crippen molar-refractivity contribution >= 4 is 17.7 Å². The van der Waals surface area contributed by atoms with Gasteiger partial charge < -0.3 is 24.4 Å². The van der Waals surface area contributed by atoms with Gasteiger partial charge >= 0.3 is 11.9 Å². The number of Topliss-reactive ketones (excluding diaryl/α,β-unsaturated/α-hetero) is 1. The van der Waals surface area contributed by atoms with Crippen molar-refractivity contribution in [2.75, 3.05) is 20.3 Å². The van der Waals surface area contributed by atoms with Crippen molar-refractivity contribution in [3.05, 3.63) is 23.8 Å². The minimum atomic E-state index is -1.74. The summed E-state index contributed by atoms with van der Waals surface area (Å²) in [7, 11) is 1.36. The molecule has 0 spiro atoms. The highest BCUT2D eigenvalue weighted by Gasteiger charge is 2.57. The van der Waals surface area contributed by atoms with Crippen molar-refractivity contribution in [2.45, 2.75) is 52.6 Å². The van der Waals surface area contributed by atoms with Crippen molar-refractivity contribution in [3.63, 3.8) is 0 Å². The van der Waals surface area contributed by atoms with Gasteiger partial charge in [-0.2, -0.15) is 0 Å². The van der Waals surface area contributed by atoms with Gasteiger partial charge in [0, 0.05) is 12.3 Å². The second kappa shape index (κ2) is 10.3. The van der Waals surface area contributed by atoms with Gasteiger partial charge in [0.2, 0.25) is 0 Å². The van der Waals surface area contributed by atoms with E-state index in [1.54, 1.807) is 0 Å². The minimum Gasteiger partial charge on any atom is -0.504 e. The summed E-state index contributed by atoms with van der Waals surface area (Å²) < 4.78 is 16.0. The Hall–Kier alpha value is -2.61.